The number of aromatic nitrogens is 3. The van der Waals surface area contributed by atoms with Gasteiger partial charge >= 0.3 is 0 Å². The highest BCUT2D eigenvalue weighted by atomic mass is 16.5. The van der Waals surface area contributed by atoms with Crippen LogP contribution in [-0.2, 0) is 21.1 Å². The van der Waals surface area contributed by atoms with E-state index in [0.717, 1.165) is 11.5 Å². The van der Waals surface area contributed by atoms with E-state index in [9.17, 15) is 0 Å². The summed E-state index contributed by atoms with van der Waals surface area (Å²) in [4.78, 5) is 0. The van der Waals surface area contributed by atoms with E-state index < -0.39 is 0 Å². The predicted molar refractivity (Wildman–Crippen MR) is 122 cm³/mol. The number of hydrogen-bond acceptors (Lipinski definition) is 2. The van der Waals surface area contributed by atoms with Crippen LogP contribution in [0.25, 0.3) is 44.1 Å². The molecular formula is C25H25N3O2. The first kappa shape index (κ1) is 18.4. The van der Waals surface area contributed by atoms with E-state index in [0.29, 0.717) is 0 Å². The van der Waals surface area contributed by atoms with Crippen molar-refractivity contribution < 1.29 is 9.47 Å². The van der Waals surface area contributed by atoms with E-state index in [1.165, 1.54) is 44.1 Å². The fraction of sp³-hybridized carbons (Fsp3) is 0.200. The van der Waals surface area contributed by atoms with Crippen molar-refractivity contribution in [2.45, 2.75) is 0 Å². The van der Waals surface area contributed by atoms with E-state index in [1.807, 2.05) is 12.1 Å². The molecule has 30 heavy (non-hydrogen) atoms. The molecular weight excluding hydrogens is 374 g/mol. The molecule has 0 unspecified atom stereocenters. The van der Waals surface area contributed by atoms with Crippen molar-refractivity contribution in [3.8, 4) is 33.8 Å². The third-order valence-corrected chi connectivity index (χ3v) is 5.93. The average molecular weight is 399 g/mol. The summed E-state index contributed by atoms with van der Waals surface area (Å²) in [6, 6.07) is 12.5. The number of benzene rings is 2. The fourth-order valence-corrected chi connectivity index (χ4v) is 4.44. The molecule has 5 heteroatoms. The van der Waals surface area contributed by atoms with E-state index in [4.69, 9.17) is 9.47 Å². The average Bonchev–Trinajstić information content (AvgIpc) is 3.40. The van der Waals surface area contributed by atoms with E-state index >= 15 is 0 Å². The lowest BCUT2D eigenvalue weighted by molar-refractivity contribution is 0.415. The summed E-state index contributed by atoms with van der Waals surface area (Å²) < 4.78 is 17.5. The fourth-order valence-electron chi connectivity index (χ4n) is 4.44. The Morgan fingerprint density at radius 2 is 1.00 bits per heavy atom. The number of methoxy groups -OCH3 is 2. The molecule has 5 rings (SSSR count). The Bertz CT molecular complexity index is 1300. The van der Waals surface area contributed by atoms with E-state index in [-0.39, 0.29) is 0 Å². The summed E-state index contributed by atoms with van der Waals surface area (Å²) in [6.45, 7) is 0. The Hall–Kier alpha value is -3.60. The van der Waals surface area contributed by atoms with Gasteiger partial charge in [-0.2, -0.15) is 0 Å². The second kappa shape index (κ2) is 6.73. The van der Waals surface area contributed by atoms with Crippen molar-refractivity contribution >= 4 is 21.8 Å². The molecule has 0 bridgehead atoms. The maximum atomic E-state index is 5.50. The van der Waals surface area contributed by atoms with Gasteiger partial charge in [-0.1, -0.05) is 0 Å². The molecule has 2 aromatic carbocycles. The first-order valence-electron chi connectivity index (χ1n) is 9.93. The van der Waals surface area contributed by atoms with Crippen molar-refractivity contribution in [3.63, 3.8) is 0 Å². The number of hydrogen-bond donors (Lipinski definition) is 0. The van der Waals surface area contributed by atoms with Gasteiger partial charge in [0.15, 0.2) is 0 Å². The lowest BCUT2D eigenvalue weighted by Gasteiger charge is -2.05. The molecule has 0 fully saturated rings. The zero-order valence-electron chi connectivity index (χ0n) is 17.9. The molecule has 0 aliphatic rings. The third kappa shape index (κ3) is 2.70. The molecule has 0 aliphatic carbocycles. The Kier molecular flexibility index (Phi) is 4.13. The summed E-state index contributed by atoms with van der Waals surface area (Å²) in [6.07, 6.45) is 8.80. The molecule has 0 amide bonds. The minimum absolute atomic E-state index is 0.863. The van der Waals surface area contributed by atoms with Crippen LogP contribution in [0, 0.1) is 0 Å². The normalized spacial score (nSPS) is 11.5. The molecule has 3 heterocycles. The van der Waals surface area contributed by atoms with Crippen molar-refractivity contribution in [1.82, 2.24) is 13.7 Å². The van der Waals surface area contributed by atoms with Crippen molar-refractivity contribution in [3.05, 3.63) is 61.2 Å². The van der Waals surface area contributed by atoms with Crippen LogP contribution in [0.3, 0.4) is 0 Å². The van der Waals surface area contributed by atoms with Crippen LogP contribution >= 0.6 is 0 Å². The number of ether oxygens (including phenoxy) is 2. The van der Waals surface area contributed by atoms with E-state index in [1.54, 1.807) is 14.2 Å². The zero-order valence-corrected chi connectivity index (χ0v) is 17.9. The minimum atomic E-state index is 0.863. The quantitative estimate of drug-likeness (QED) is 0.408. The highest BCUT2D eigenvalue weighted by molar-refractivity contribution is 6.05. The lowest BCUT2D eigenvalue weighted by Crippen LogP contribution is -1.85. The van der Waals surface area contributed by atoms with Crippen LogP contribution in [0.1, 0.15) is 0 Å². The van der Waals surface area contributed by atoms with Crippen LogP contribution in [0.5, 0.6) is 11.5 Å². The van der Waals surface area contributed by atoms with Crippen LogP contribution < -0.4 is 9.47 Å². The van der Waals surface area contributed by atoms with Crippen molar-refractivity contribution in [1.29, 1.82) is 0 Å². The van der Waals surface area contributed by atoms with Gasteiger partial charge in [0, 0.05) is 90.0 Å². The van der Waals surface area contributed by atoms with Gasteiger partial charge in [0.2, 0.25) is 0 Å². The van der Waals surface area contributed by atoms with Gasteiger partial charge in [-0.05, 0) is 36.4 Å². The largest absolute Gasteiger partial charge is 0.497 e. The Balaban J connectivity index is 1.80. The molecule has 0 atom stereocenters. The molecule has 5 aromatic rings. The Morgan fingerprint density at radius 3 is 1.40 bits per heavy atom. The third-order valence-electron chi connectivity index (χ3n) is 5.93. The highest BCUT2D eigenvalue weighted by Crippen LogP contribution is 2.42. The Morgan fingerprint density at radius 1 is 0.567 bits per heavy atom. The molecule has 0 radical (unpaired) electrons. The topological polar surface area (TPSA) is 33.2 Å². The first-order chi connectivity index (χ1) is 14.5. The van der Waals surface area contributed by atoms with Crippen LogP contribution in [0.15, 0.2) is 61.2 Å². The van der Waals surface area contributed by atoms with Gasteiger partial charge < -0.3 is 23.2 Å². The van der Waals surface area contributed by atoms with Crippen LogP contribution in [0.2, 0.25) is 0 Å². The zero-order chi connectivity index (χ0) is 21.0. The second-order valence-electron chi connectivity index (χ2n) is 7.82. The molecule has 0 aliphatic heterocycles. The summed E-state index contributed by atoms with van der Waals surface area (Å²) in [7, 11) is 9.67. The summed E-state index contributed by atoms with van der Waals surface area (Å²) in [5.41, 5.74) is 7.16. The summed E-state index contributed by atoms with van der Waals surface area (Å²) in [5, 5.41) is 2.37. The van der Waals surface area contributed by atoms with Crippen molar-refractivity contribution in [2.75, 3.05) is 14.2 Å². The molecule has 5 nitrogen and oxygen atoms in total. The van der Waals surface area contributed by atoms with Gasteiger partial charge in [0.05, 0.1) is 14.2 Å². The Labute approximate surface area is 175 Å². The molecule has 0 N–H and O–H groups in total. The maximum absolute atomic E-state index is 5.50. The smallest absolute Gasteiger partial charge is 0.119 e. The number of nitrogens with zero attached hydrogens (tertiary/aromatic N) is 3. The molecule has 3 aromatic heterocycles. The summed E-state index contributed by atoms with van der Waals surface area (Å²) >= 11 is 0. The SMILES string of the molecule is COc1ccc2c(c1)c(-c1cn(C)cc1-c1cn(C)c3ccc(OC)cc13)cn2C. The highest BCUT2D eigenvalue weighted by Gasteiger charge is 2.19. The van der Waals surface area contributed by atoms with E-state index in [2.05, 4.69) is 83.9 Å². The molecule has 0 saturated heterocycles. The maximum Gasteiger partial charge on any atom is 0.119 e. The first-order valence-corrected chi connectivity index (χ1v) is 9.93. The van der Waals surface area contributed by atoms with Gasteiger partial charge in [0.1, 0.15) is 11.5 Å². The molecule has 0 saturated carbocycles. The molecule has 0 spiro atoms. The lowest BCUT2D eigenvalue weighted by atomic mass is 9.98. The van der Waals surface area contributed by atoms with Crippen molar-refractivity contribution in [2.24, 2.45) is 21.1 Å². The van der Waals surface area contributed by atoms with Gasteiger partial charge in [0.25, 0.3) is 0 Å². The van der Waals surface area contributed by atoms with Gasteiger partial charge in [-0.3, -0.25) is 0 Å². The summed E-state index contributed by atoms with van der Waals surface area (Å²) in [5.74, 6) is 1.73. The second-order valence-corrected chi connectivity index (χ2v) is 7.82. The van der Waals surface area contributed by atoms with Gasteiger partial charge in [-0.25, -0.2) is 0 Å². The minimum Gasteiger partial charge on any atom is -0.497 e. The standard InChI is InChI=1S/C25H25N3O2/c1-26-12-20(22-14-27(2)24-8-6-16(29-4)10-18(22)24)21(13-26)23-15-28(3)25-9-7-17(30-5)11-19(23)25/h6-15H,1-5H3. The number of rotatable bonds is 4. The number of fused-ring (bicyclic) bond motifs is 2. The predicted octanol–water partition coefficient (Wildman–Crippen LogP) is 5.36. The number of aryl methyl sites for hydroxylation is 3. The van der Waals surface area contributed by atoms with Gasteiger partial charge in [-0.15, -0.1) is 0 Å². The molecule has 152 valence electrons. The monoisotopic (exact) mass is 399 g/mol. The van der Waals surface area contributed by atoms with Crippen LogP contribution in [0.4, 0.5) is 0 Å². The van der Waals surface area contributed by atoms with Crippen LogP contribution in [-0.4, -0.2) is 27.9 Å².